The van der Waals surface area contributed by atoms with Crippen LogP contribution in [0, 0.1) is 0 Å². The van der Waals surface area contributed by atoms with Gasteiger partial charge in [0.1, 0.15) is 6.61 Å². The van der Waals surface area contributed by atoms with E-state index in [4.69, 9.17) is 0 Å². The third kappa shape index (κ3) is 6.32. The lowest BCUT2D eigenvalue weighted by Crippen LogP contribution is -2.20. The Balaban J connectivity index is 2.31. The van der Waals surface area contributed by atoms with Gasteiger partial charge in [-0.05, 0) is 24.3 Å². The molecule has 1 aromatic rings. The summed E-state index contributed by atoms with van der Waals surface area (Å²) in [6.45, 7) is -1.47. The van der Waals surface area contributed by atoms with E-state index in [1.807, 2.05) is 0 Å². The van der Waals surface area contributed by atoms with Crippen molar-refractivity contribution >= 4 is 5.69 Å². The molecule has 0 radical (unpaired) electrons. The first-order valence-electron chi connectivity index (χ1n) is 5.24. The van der Waals surface area contributed by atoms with Gasteiger partial charge in [0.2, 0.25) is 0 Å². The molecule has 0 saturated carbocycles. The first-order chi connectivity index (χ1) is 8.68. The predicted octanol–water partition coefficient (Wildman–Crippen LogP) is 3.70. The summed E-state index contributed by atoms with van der Waals surface area (Å²) in [5.74, 6) is 0. The van der Waals surface area contributed by atoms with Crippen LogP contribution in [0.15, 0.2) is 24.3 Å². The molecule has 1 rings (SSSR count). The maximum absolute atomic E-state index is 12.2. The number of rotatable bonds is 5. The second kappa shape index (κ2) is 6.14. The fourth-order valence-electron chi connectivity index (χ4n) is 1.23. The maximum atomic E-state index is 12.2. The fourth-order valence-corrected chi connectivity index (χ4v) is 1.23. The summed E-state index contributed by atoms with van der Waals surface area (Å²) >= 11 is 0. The normalized spacial score (nSPS) is 12.5. The molecule has 0 aromatic heterocycles. The van der Waals surface area contributed by atoms with Gasteiger partial charge in [0.05, 0.1) is 12.2 Å². The van der Waals surface area contributed by atoms with Crippen LogP contribution in [-0.4, -0.2) is 25.9 Å². The van der Waals surface area contributed by atoms with Crippen LogP contribution in [0.3, 0.4) is 0 Å². The molecule has 0 amide bonds. The van der Waals surface area contributed by atoms with Crippen LogP contribution in [0.25, 0.3) is 0 Å². The van der Waals surface area contributed by atoms with E-state index >= 15 is 0 Å². The molecular formula is C11H11F6NO. The molecule has 0 atom stereocenters. The Kier molecular flexibility index (Phi) is 5.04. The Morgan fingerprint density at radius 3 is 2.00 bits per heavy atom. The molecule has 0 fully saturated rings. The summed E-state index contributed by atoms with van der Waals surface area (Å²) < 4.78 is 76.2. The van der Waals surface area contributed by atoms with Crippen LogP contribution in [0.4, 0.5) is 32.0 Å². The average Bonchev–Trinajstić information content (AvgIpc) is 2.26. The second-order valence-electron chi connectivity index (χ2n) is 3.67. The lowest BCUT2D eigenvalue weighted by atomic mass is 10.2. The Labute approximate surface area is 105 Å². The van der Waals surface area contributed by atoms with Crippen molar-refractivity contribution in [1.29, 1.82) is 0 Å². The molecule has 19 heavy (non-hydrogen) atoms. The number of ether oxygens (including phenoxy) is 1. The van der Waals surface area contributed by atoms with E-state index < -0.39 is 24.5 Å². The van der Waals surface area contributed by atoms with Gasteiger partial charge in [0, 0.05) is 12.2 Å². The van der Waals surface area contributed by atoms with Crippen molar-refractivity contribution in [2.24, 2.45) is 0 Å². The fraction of sp³-hybridized carbons (Fsp3) is 0.455. The highest BCUT2D eigenvalue weighted by Gasteiger charge is 2.30. The van der Waals surface area contributed by atoms with Crippen LogP contribution in [0.1, 0.15) is 5.56 Å². The second-order valence-corrected chi connectivity index (χ2v) is 3.67. The maximum Gasteiger partial charge on any atom is 0.416 e. The standard InChI is InChI=1S/C11H11F6NO/c12-10(13,14)7-19-6-5-18-9-3-1-8(2-4-9)11(15,16)17/h1-4,18H,5-7H2. The van der Waals surface area contributed by atoms with Crippen LogP contribution in [0.2, 0.25) is 0 Å². The van der Waals surface area contributed by atoms with E-state index in [1.54, 1.807) is 0 Å². The summed E-state index contributed by atoms with van der Waals surface area (Å²) in [6, 6.07) is 4.18. The van der Waals surface area contributed by atoms with Gasteiger partial charge in [-0.3, -0.25) is 0 Å². The molecule has 0 heterocycles. The van der Waals surface area contributed by atoms with Crippen molar-refractivity contribution in [1.82, 2.24) is 0 Å². The summed E-state index contributed by atoms with van der Waals surface area (Å²) in [6.07, 6.45) is -8.79. The first kappa shape index (κ1) is 15.6. The van der Waals surface area contributed by atoms with Crippen molar-refractivity contribution in [2.75, 3.05) is 25.1 Å². The lowest BCUT2D eigenvalue weighted by Gasteiger charge is -2.10. The monoisotopic (exact) mass is 287 g/mol. The van der Waals surface area contributed by atoms with Crippen molar-refractivity contribution < 1.29 is 31.1 Å². The lowest BCUT2D eigenvalue weighted by molar-refractivity contribution is -0.172. The zero-order chi connectivity index (χ0) is 14.5. The smallest absolute Gasteiger partial charge is 0.383 e. The minimum atomic E-state index is -4.41. The number of benzene rings is 1. The molecule has 0 spiro atoms. The molecule has 0 saturated heterocycles. The SMILES string of the molecule is FC(F)(F)COCCNc1ccc(C(F)(F)F)cc1. The van der Waals surface area contributed by atoms with E-state index in [-0.39, 0.29) is 13.2 Å². The molecule has 8 heteroatoms. The zero-order valence-corrected chi connectivity index (χ0v) is 9.61. The van der Waals surface area contributed by atoms with Gasteiger partial charge in [0.15, 0.2) is 0 Å². The largest absolute Gasteiger partial charge is 0.416 e. The topological polar surface area (TPSA) is 21.3 Å². The zero-order valence-electron chi connectivity index (χ0n) is 9.61. The molecule has 1 N–H and O–H groups in total. The molecule has 108 valence electrons. The number of hydrogen-bond acceptors (Lipinski definition) is 2. The van der Waals surface area contributed by atoms with Gasteiger partial charge >= 0.3 is 12.4 Å². The molecule has 0 unspecified atom stereocenters. The summed E-state index contributed by atoms with van der Waals surface area (Å²) in [7, 11) is 0. The third-order valence-electron chi connectivity index (χ3n) is 2.05. The van der Waals surface area contributed by atoms with Crippen LogP contribution < -0.4 is 5.32 Å². The van der Waals surface area contributed by atoms with Crippen LogP contribution in [-0.2, 0) is 10.9 Å². The quantitative estimate of drug-likeness (QED) is 0.658. The summed E-state index contributed by atoms with van der Waals surface area (Å²) in [5, 5.41) is 2.65. The van der Waals surface area contributed by atoms with E-state index in [9.17, 15) is 26.3 Å². The minimum absolute atomic E-state index is 0.0709. The van der Waals surface area contributed by atoms with Crippen molar-refractivity contribution in [3.63, 3.8) is 0 Å². The average molecular weight is 287 g/mol. The Bertz CT molecular complexity index is 384. The number of nitrogens with one attached hydrogen (secondary N) is 1. The first-order valence-corrected chi connectivity index (χ1v) is 5.24. The summed E-state index contributed by atoms with van der Waals surface area (Å²) in [4.78, 5) is 0. The molecular weight excluding hydrogens is 276 g/mol. The number of alkyl halides is 6. The highest BCUT2D eigenvalue weighted by atomic mass is 19.4. The number of anilines is 1. The molecule has 0 aliphatic carbocycles. The molecule has 0 bridgehead atoms. The molecule has 0 aliphatic rings. The van der Waals surface area contributed by atoms with Crippen LogP contribution >= 0.6 is 0 Å². The highest BCUT2D eigenvalue weighted by Crippen LogP contribution is 2.29. The molecule has 0 aliphatic heterocycles. The van der Waals surface area contributed by atoms with Crippen molar-refractivity contribution in [3.8, 4) is 0 Å². The number of halogens is 6. The minimum Gasteiger partial charge on any atom is -0.383 e. The summed E-state index contributed by atoms with van der Waals surface area (Å²) in [5.41, 5.74) is -0.407. The van der Waals surface area contributed by atoms with Crippen LogP contribution in [0.5, 0.6) is 0 Å². The van der Waals surface area contributed by atoms with Gasteiger partial charge in [-0.25, -0.2) is 0 Å². The highest BCUT2D eigenvalue weighted by molar-refractivity contribution is 5.45. The predicted molar refractivity (Wildman–Crippen MR) is 56.8 cm³/mol. The van der Waals surface area contributed by atoms with Gasteiger partial charge in [-0.2, -0.15) is 26.3 Å². The molecule has 1 aromatic carbocycles. The van der Waals surface area contributed by atoms with Gasteiger partial charge in [-0.15, -0.1) is 0 Å². The Morgan fingerprint density at radius 1 is 0.947 bits per heavy atom. The van der Waals surface area contributed by atoms with E-state index in [2.05, 4.69) is 10.1 Å². The van der Waals surface area contributed by atoms with E-state index in [0.29, 0.717) is 5.69 Å². The molecule has 2 nitrogen and oxygen atoms in total. The number of hydrogen-bond donors (Lipinski definition) is 1. The van der Waals surface area contributed by atoms with Crippen molar-refractivity contribution in [2.45, 2.75) is 12.4 Å². The van der Waals surface area contributed by atoms with Gasteiger partial charge in [-0.1, -0.05) is 0 Å². The van der Waals surface area contributed by atoms with Crippen molar-refractivity contribution in [3.05, 3.63) is 29.8 Å². The third-order valence-corrected chi connectivity index (χ3v) is 2.05. The Morgan fingerprint density at radius 2 is 1.53 bits per heavy atom. The van der Waals surface area contributed by atoms with Gasteiger partial charge < -0.3 is 10.1 Å². The van der Waals surface area contributed by atoms with E-state index in [1.165, 1.54) is 12.1 Å². The van der Waals surface area contributed by atoms with E-state index in [0.717, 1.165) is 12.1 Å². The van der Waals surface area contributed by atoms with Gasteiger partial charge in [0.25, 0.3) is 0 Å². The Hall–Kier alpha value is -1.44.